The Hall–Kier alpha value is -3.16. The molecule has 0 aliphatic rings. The van der Waals surface area contributed by atoms with Crippen molar-refractivity contribution in [1.29, 1.82) is 0 Å². The number of hydrogen-bond acceptors (Lipinski definition) is 3. The number of nitrogens with zero attached hydrogens (tertiary/aromatic N) is 1. The van der Waals surface area contributed by atoms with Crippen LogP contribution in [0.2, 0.25) is 5.02 Å². The molecule has 0 fully saturated rings. The molecule has 4 aromatic rings. The second-order valence-electron chi connectivity index (χ2n) is 7.59. The molecular formula is C25H19ClF4N2O. The Morgan fingerprint density at radius 2 is 1.67 bits per heavy atom. The van der Waals surface area contributed by atoms with Gasteiger partial charge in [0.25, 0.3) is 0 Å². The molecule has 0 bridgehead atoms. The normalized spacial score (nSPS) is 13.6. The van der Waals surface area contributed by atoms with Crippen LogP contribution in [-0.4, -0.2) is 4.98 Å². The van der Waals surface area contributed by atoms with Crippen LogP contribution in [0.1, 0.15) is 28.1 Å². The molecule has 1 unspecified atom stereocenters. The molecule has 1 atom stereocenters. The van der Waals surface area contributed by atoms with Crippen molar-refractivity contribution in [3.05, 3.63) is 124 Å². The van der Waals surface area contributed by atoms with Gasteiger partial charge in [-0.2, -0.15) is 13.2 Å². The summed E-state index contributed by atoms with van der Waals surface area (Å²) in [5.41, 5.74) is -1.11. The number of aromatic nitrogens is 1. The van der Waals surface area contributed by atoms with E-state index in [4.69, 9.17) is 16.0 Å². The van der Waals surface area contributed by atoms with E-state index in [1.165, 1.54) is 12.5 Å². The zero-order valence-electron chi connectivity index (χ0n) is 17.2. The highest BCUT2D eigenvalue weighted by atomic mass is 35.5. The molecule has 2 aromatic heterocycles. The van der Waals surface area contributed by atoms with Crippen molar-refractivity contribution in [2.24, 2.45) is 0 Å². The van der Waals surface area contributed by atoms with Crippen molar-refractivity contribution in [3.63, 3.8) is 0 Å². The zero-order chi connectivity index (χ0) is 23.5. The van der Waals surface area contributed by atoms with E-state index >= 15 is 0 Å². The fourth-order valence-electron chi connectivity index (χ4n) is 3.78. The second-order valence-corrected chi connectivity index (χ2v) is 8.03. The highest BCUT2D eigenvalue weighted by Crippen LogP contribution is 2.38. The van der Waals surface area contributed by atoms with Crippen molar-refractivity contribution >= 4 is 11.6 Å². The van der Waals surface area contributed by atoms with Gasteiger partial charge in [0.15, 0.2) is 0 Å². The zero-order valence-corrected chi connectivity index (χ0v) is 18.0. The van der Waals surface area contributed by atoms with Crippen molar-refractivity contribution < 1.29 is 22.0 Å². The Labute approximate surface area is 193 Å². The van der Waals surface area contributed by atoms with Crippen LogP contribution in [-0.2, 0) is 24.7 Å². The minimum Gasteiger partial charge on any atom is -0.468 e. The summed E-state index contributed by atoms with van der Waals surface area (Å²) in [6.07, 6.45) is -1.61. The Morgan fingerprint density at radius 3 is 2.30 bits per heavy atom. The lowest BCUT2D eigenvalue weighted by molar-refractivity contribution is -0.137. The summed E-state index contributed by atoms with van der Waals surface area (Å²) < 4.78 is 60.7. The fourth-order valence-corrected chi connectivity index (χ4v) is 3.89. The Kier molecular flexibility index (Phi) is 6.54. The van der Waals surface area contributed by atoms with Crippen molar-refractivity contribution in [3.8, 4) is 0 Å². The first-order valence-corrected chi connectivity index (χ1v) is 10.5. The first-order chi connectivity index (χ1) is 15.8. The van der Waals surface area contributed by atoms with E-state index in [1.807, 2.05) is 30.3 Å². The Bertz CT molecular complexity index is 1200. The molecule has 2 aromatic carbocycles. The average molecular weight is 475 g/mol. The smallest absolute Gasteiger partial charge is 0.416 e. The molecule has 2 heterocycles. The third-order valence-corrected chi connectivity index (χ3v) is 5.56. The SMILES string of the molecule is Fc1cc(C(F)(F)F)cc(C(Cc2ccccc2)(NCc2ccco2)c2ccc(Cl)cn2)c1. The van der Waals surface area contributed by atoms with E-state index in [2.05, 4.69) is 10.3 Å². The van der Waals surface area contributed by atoms with Gasteiger partial charge in [0, 0.05) is 12.6 Å². The fraction of sp³-hybridized carbons (Fsp3) is 0.160. The molecule has 3 nitrogen and oxygen atoms in total. The van der Waals surface area contributed by atoms with Gasteiger partial charge in [-0.1, -0.05) is 41.9 Å². The number of furan rings is 1. The maximum absolute atomic E-state index is 14.5. The molecule has 0 aliphatic carbocycles. The van der Waals surface area contributed by atoms with E-state index in [9.17, 15) is 17.6 Å². The molecule has 170 valence electrons. The highest BCUT2D eigenvalue weighted by Gasteiger charge is 2.39. The molecule has 0 saturated carbocycles. The van der Waals surface area contributed by atoms with E-state index in [1.54, 1.807) is 24.3 Å². The molecule has 4 rings (SSSR count). The first kappa shape index (κ1) is 23.0. The standard InChI is InChI=1S/C25H19ClF4N2O/c26-20-8-9-23(31-15-20)24(14-17-5-2-1-3-6-17,32-16-22-7-4-10-33-22)18-11-19(25(28,29)30)13-21(27)12-18/h1-13,15,32H,14,16H2. The first-order valence-electron chi connectivity index (χ1n) is 10.1. The number of alkyl halides is 3. The molecule has 0 saturated heterocycles. The van der Waals surface area contributed by atoms with Crippen LogP contribution < -0.4 is 5.32 Å². The molecule has 33 heavy (non-hydrogen) atoms. The summed E-state index contributed by atoms with van der Waals surface area (Å²) in [4.78, 5) is 4.42. The van der Waals surface area contributed by atoms with Gasteiger partial charge in [-0.15, -0.1) is 0 Å². The van der Waals surface area contributed by atoms with Crippen LogP contribution in [0.3, 0.4) is 0 Å². The molecular weight excluding hydrogens is 456 g/mol. The third-order valence-electron chi connectivity index (χ3n) is 5.34. The molecule has 0 aliphatic heterocycles. The van der Waals surface area contributed by atoms with Crippen LogP contribution in [0.4, 0.5) is 17.6 Å². The molecule has 0 amide bonds. The maximum Gasteiger partial charge on any atom is 0.416 e. The van der Waals surface area contributed by atoms with Crippen LogP contribution in [0.5, 0.6) is 0 Å². The van der Waals surface area contributed by atoms with Gasteiger partial charge < -0.3 is 4.42 Å². The number of benzene rings is 2. The monoisotopic (exact) mass is 474 g/mol. The minimum absolute atomic E-state index is 0.0834. The van der Waals surface area contributed by atoms with Crippen molar-refractivity contribution in [2.75, 3.05) is 0 Å². The van der Waals surface area contributed by atoms with Gasteiger partial charge in [0.2, 0.25) is 0 Å². The maximum atomic E-state index is 14.5. The lowest BCUT2D eigenvalue weighted by Gasteiger charge is -2.36. The summed E-state index contributed by atoms with van der Waals surface area (Å²) >= 11 is 6.03. The third kappa shape index (κ3) is 5.26. The number of pyridine rings is 1. The summed E-state index contributed by atoms with van der Waals surface area (Å²) in [6, 6.07) is 18.4. The summed E-state index contributed by atoms with van der Waals surface area (Å²) in [6.45, 7) is 0.169. The summed E-state index contributed by atoms with van der Waals surface area (Å²) in [5, 5.41) is 3.68. The number of nitrogens with one attached hydrogen (secondary N) is 1. The lowest BCUT2D eigenvalue weighted by atomic mass is 9.79. The topological polar surface area (TPSA) is 38.1 Å². The average Bonchev–Trinajstić information content (AvgIpc) is 3.31. The van der Waals surface area contributed by atoms with Crippen molar-refractivity contribution in [2.45, 2.75) is 24.7 Å². The van der Waals surface area contributed by atoms with Gasteiger partial charge in [0.1, 0.15) is 11.6 Å². The van der Waals surface area contributed by atoms with Crippen LogP contribution in [0.15, 0.2) is 89.7 Å². The number of hydrogen-bond donors (Lipinski definition) is 1. The van der Waals surface area contributed by atoms with Gasteiger partial charge in [-0.05, 0) is 53.6 Å². The van der Waals surface area contributed by atoms with E-state index in [0.717, 1.165) is 17.7 Å². The van der Waals surface area contributed by atoms with Gasteiger partial charge in [0.05, 0.1) is 34.6 Å². The van der Waals surface area contributed by atoms with E-state index in [0.29, 0.717) is 22.5 Å². The van der Waals surface area contributed by atoms with Gasteiger partial charge in [-0.25, -0.2) is 4.39 Å². The van der Waals surface area contributed by atoms with E-state index in [-0.39, 0.29) is 18.5 Å². The molecule has 0 radical (unpaired) electrons. The largest absolute Gasteiger partial charge is 0.468 e. The quantitative estimate of drug-likeness (QED) is 0.301. The lowest BCUT2D eigenvalue weighted by Crippen LogP contribution is -2.46. The predicted octanol–water partition coefficient (Wildman–Crippen LogP) is 6.76. The summed E-state index contributed by atoms with van der Waals surface area (Å²) in [7, 11) is 0. The van der Waals surface area contributed by atoms with Crippen LogP contribution >= 0.6 is 11.6 Å². The molecule has 1 N–H and O–H groups in total. The molecule has 8 heteroatoms. The van der Waals surface area contributed by atoms with Crippen LogP contribution in [0, 0.1) is 5.82 Å². The Morgan fingerprint density at radius 1 is 0.909 bits per heavy atom. The second kappa shape index (κ2) is 9.37. The summed E-state index contributed by atoms with van der Waals surface area (Å²) in [5.74, 6) is -0.431. The van der Waals surface area contributed by atoms with Crippen LogP contribution in [0.25, 0.3) is 0 Å². The number of rotatable bonds is 7. The predicted molar refractivity (Wildman–Crippen MR) is 117 cm³/mol. The highest BCUT2D eigenvalue weighted by molar-refractivity contribution is 6.30. The number of halogens is 5. The van der Waals surface area contributed by atoms with E-state index < -0.39 is 23.1 Å². The van der Waals surface area contributed by atoms with Gasteiger partial charge in [-0.3, -0.25) is 10.3 Å². The van der Waals surface area contributed by atoms with Gasteiger partial charge >= 0.3 is 6.18 Å². The Balaban J connectivity index is 1.93. The minimum atomic E-state index is -4.72. The van der Waals surface area contributed by atoms with Crippen molar-refractivity contribution in [1.82, 2.24) is 10.3 Å². The molecule has 0 spiro atoms.